The van der Waals surface area contributed by atoms with Crippen molar-refractivity contribution in [3.63, 3.8) is 0 Å². The van der Waals surface area contributed by atoms with Crippen LogP contribution in [0, 0.1) is 5.82 Å². The van der Waals surface area contributed by atoms with Crippen molar-refractivity contribution in [2.45, 2.75) is 78.2 Å². The highest BCUT2D eigenvalue weighted by atomic mass is 19.1. The van der Waals surface area contributed by atoms with E-state index in [1.807, 2.05) is 60.7 Å². The lowest BCUT2D eigenvalue weighted by Crippen LogP contribution is -2.11. The van der Waals surface area contributed by atoms with Crippen LogP contribution in [0.2, 0.25) is 0 Å². The van der Waals surface area contributed by atoms with Crippen LogP contribution in [0.4, 0.5) is 4.39 Å². The van der Waals surface area contributed by atoms with Gasteiger partial charge in [-0.25, -0.2) is 4.39 Å². The first kappa shape index (κ1) is 25.8. The molecule has 0 saturated carbocycles. The third-order valence-corrected chi connectivity index (χ3v) is 6.14. The molecule has 34 heavy (non-hydrogen) atoms. The fourth-order valence-electron chi connectivity index (χ4n) is 4.08. The molecule has 1 atom stereocenters. The molecule has 3 rings (SSSR count). The molecule has 3 aromatic carbocycles. The molecule has 2 nitrogen and oxygen atoms in total. The molecule has 0 fully saturated rings. The number of halogens is 1. The number of rotatable bonds is 14. The number of hydrogen-bond donors (Lipinski definition) is 0. The second kappa shape index (κ2) is 13.8. The van der Waals surface area contributed by atoms with Crippen LogP contribution in [0.3, 0.4) is 0 Å². The molecule has 0 aliphatic heterocycles. The molecule has 0 aliphatic rings. The van der Waals surface area contributed by atoms with Crippen LogP contribution in [0.1, 0.15) is 72.1 Å². The zero-order valence-corrected chi connectivity index (χ0v) is 21.0. The lowest BCUT2D eigenvalue weighted by Gasteiger charge is -2.15. The Labute approximate surface area is 205 Å². The number of benzene rings is 3. The van der Waals surface area contributed by atoms with E-state index in [2.05, 4.69) is 20.8 Å². The van der Waals surface area contributed by atoms with Gasteiger partial charge in [-0.2, -0.15) is 0 Å². The van der Waals surface area contributed by atoms with Crippen LogP contribution >= 0.6 is 0 Å². The van der Waals surface area contributed by atoms with Gasteiger partial charge in [0.1, 0.15) is 17.3 Å². The van der Waals surface area contributed by atoms with E-state index in [1.165, 1.54) is 38.5 Å². The molecular formula is C31H39FO2. The molecule has 0 heterocycles. The van der Waals surface area contributed by atoms with Gasteiger partial charge in [0.15, 0.2) is 0 Å². The molecule has 182 valence electrons. The Balaban J connectivity index is 1.59. The highest BCUT2D eigenvalue weighted by Gasteiger charge is 2.09. The summed E-state index contributed by atoms with van der Waals surface area (Å²) in [6, 6.07) is 21.1. The van der Waals surface area contributed by atoms with Gasteiger partial charge in [-0.1, -0.05) is 82.3 Å². The minimum Gasteiger partial charge on any atom is -0.494 e. The quantitative estimate of drug-likeness (QED) is 0.222. The molecule has 0 radical (unpaired) electrons. The highest BCUT2D eigenvalue weighted by molar-refractivity contribution is 5.71. The summed E-state index contributed by atoms with van der Waals surface area (Å²) in [5, 5.41) is 0. The van der Waals surface area contributed by atoms with Gasteiger partial charge in [0.25, 0.3) is 0 Å². The van der Waals surface area contributed by atoms with Gasteiger partial charge in [-0.05, 0) is 73.2 Å². The first-order valence-electron chi connectivity index (χ1n) is 12.9. The fourth-order valence-corrected chi connectivity index (χ4v) is 4.08. The van der Waals surface area contributed by atoms with E-state index in [0.29, 0.717) is 5.56 Å². The largest absolute Gasteiger partial charge is 0.494 e. The van der Waals surface area contributed by atoms with E-state index in [4.69, 9.17) is 9.47 Å². The average molecular weight is 463 g/mol. The smallest absolute Gasteiger partial charge is 0.131 e. The molecular weight excluding hydrogens is 423 g/mol. The topological polar surface area (TPSA) is 18.5 Å². The normalized spacial score (nSPS) is 11.9. The van der Waals surface area contributed by atoms with E-state index >= 15 is 0 Å². The SMILES string of the molecule is CCCCCCOc1ccc(-c2ccc(-c3ccc(O[C@@H](C)CCCCC)cc3)c(F)c2)cc1. The Morgan fingerprint density at radius 1 is 0.676 bits per heavy atom. The summed E-state index contributed by atoms with van der Waals surface area (Å²) in [5.74, 6) is 1.46. The molecule has 0 N–H and O–H groups in total. The van der Waals surface area contributed by atoms with Crippen molar-refractivity contribution < 1.29 is 13.9 Å². The van der Waals surface area contributed by atoms with Crippen molar-refractivity contribution in [1.82, 2.24) is 0 Å². The molecule has 3 aromatic rings. The van der Waals surface area contributed by atoms with Crippen LogP contribution in [0.5, 0.6) is 11.5 Å². The van der Waals surface area contributed by atoms with Gasteiger partial charge in [-0.3, -0.25) is 0 Å². The Hall–Kier alpha value is -2.81. The van der Waals surface area contributed by atoms with Crippen LogP contribution in [-0.2, 0) is 0 Å². The average Bonchev–Trinajstić information content (AvgIpc) is 2.85. The first-order chi connectivity index (χ1) is 16.6. The maximum atomic E-state index is 15.0. The van der Waals surface area contributed by atoms with Gasteiger partial charge in [0.2, 0.25) is 0 Å². The minimum absolute atomic E-state index is 0.186. The zero-order valence-electron chi connectivity index (χ0n) is 21.0. The standard InChI is InChI=1S/C31H39FO2/c1-4-6-8-10-22-33-28-17-12-25(13-18-28)27-16-21-30(31(32)23-27)26-14-19-29(20-15-26)34-24(3)11-9-7-5-2/h12-21,23-24H,4-11,22H2,1-3H3/t24-/m0/s1. The Kier molecular flexibility index (Phi) is 10.5. The summed E-state index contributed by atoms with van der Waals surface area (Å²) in [6.45, 7) is 7.26. The Morgan fingerprint density at radius 3 is 1.97 bits per heavy atom. The minimum atomic E-state index is -0.227. The van der Waals surface area contributed by atoms with Gasteiger partial charge < -0.3 is 9.47 Å². The summed E-state index contributed by atoms with van der Waals surface area (Å²) in [6.07, 6.45) is 9.62. The van der Waals surface area contributed by atoms with Crippen molar-refractivity contribution >= 4 is 0 Å². The first-order valence-corrected chi connectivity index (χ1v) is 12.9. The van der Waals surface area contributed by atoms with Gasteiger partial charge >= 0.3 is 0 Å². The van der Waals surface area contributed by atoms with E-state index in [0.717, 1.165) is 47.6 Å². The van der Waals surface area contributed by atoms with Crippen molar-refractivity contribution in [2.75, 3.05) is 6.61 Å². The number of ether oxygens (including phenoxy) is 2. The molecule has 0 bridgehead atoms. The van der Waals surface area contributed by atoms with E-state index in [-0.39, 0.29) is 11.9 Å². The third kappa shape index (κ3) is 7.90. The molecule has 0 amide bonds. The van der Waals surface area contributed by atoms with Crippen molar-refractivity contribution in [1.29, 1.82) is 0 Å². The van der Waals surface area contributed by atoms with E-state index in [1.54, 1.807) is 6.07 Å². The number of hydrogen-bond acceptors (Lipinski definition) is 2. The highest BCUT2D eigenvalue weighted by Crippen LogP contribution is 2.30. The monoisotopic (exact) mass is 462 g/mol. The lowest BCUT2D eigenvalue weighted by atomic mass is 9.99. The predicted octanol–water partition coefficient (Wildman–Crippen LogP) is 9.47. The fraction of sp³-hybridized carbons (Fsp3) is 0.419. The zero-order chi connectivity index (χ0) is 24.2. The maximum Gasteiger partial charge on any atom is 0.131 e. The Morgan fingerprint density at radius 2 is 1.29 bits per heavy atom. The van der Waals surface area contributed by atoms with Crippen LogP contribution in [0.15, 0.2) is 66.7 Å². The summed E-state index contributed by atoms with van der Waals surface area (Å²) in [5.41, 5.74) is 3.28. The maximum absolute atomic E-state index is 15.0. The molecule has 0 aliphatic carbocycles. The molecule has 0 unspecified atom stereocenters. The van der Waals surface area contributed by atoms with Crippen LogP contribution < -0.4 is 9.47 Å². The summed E-state index contributed by atoms with van der Waals surface area (Å²) in [4.78, 5) is 0. The Bertz CT molecular complexity index is 979. The molecule has 0 aromatic heterocycles. The van der Waals surface area contributed by atoms with Gasteiger partial charge in [-0.15, -0.1) is 0 Å². The summed E-state index contributed by atoms with van der Waals surface area (Å²) < 4.78 is 26.8. The second-order valence-electron chi connectivity index (χ2n) is 9.08. The second-order valence-corrected chi connectivity index (χ2v) is 9.08. The van der Waals surface area contributed by atoms with Crippen molar-refractivity contribution in [3.8, 4) is 33.8 Å². The molecule has 3 heteroatoms. The van der Waals surface area contributed by atoms with E-state index < -0.39 is 0 Å². The van der Waals surface area contributed by atoms with Crippen molar-refractivity contribution in [2.24, 2.45) is 0 Å². The van der Waals surface area contributed by atoms with Gasteiger partial charge in [0.05, 0.1) is 12.7 Å². The lowest BCUT2D eigenvalue weighted by molar-refractivity contribution is 0.206. The van der Waals surface area contributed by atoms with E-state index in [9.17, 15) is 4.39 Å². The summed E-state index contributed by atoms with van der Waals surface area (Å²) in [7, 11) is 0. The molecule has 0 saturated heterocycles. The van der Waals surface area contributed by atoms with Gasteiger partial charge in [0, 0.05) is 5.56 Å². The van der Waals surface area contributed by atoms with Crippen LogP contribution in [0.25, 0.3) is 22.3 Å². The molecule has 0 spiro atoms. The third-order valence-electron chi connectivity index (χ3n) is 6.14. The summed E-state index contributed by atoms with van der Waals surface area (Å²) >= 11 is 0. The predicted molar refractivity (Wildman–Crippen MR) is 141 cm³/mol. The van der Waals surface area contributed by atoms with Crippen LogP contribution in [-0.4, -0.2) is 12.7 Å². The van der Waals surface area contributed by atoms with Crippen molar-refractivity contribution in [3.05, 3.63) is 72.5 Å². The number of unbranched alkanes of at least 4 members (excludes halogenated alkanes) is 5.